The Morgan fingerprint density at radius 1 is 1.04 bits per heavy atom. The lowest BCUT2D eigenvalue weighted by atomic mass is 9.77. The van der Waals surface area contributed by atoms with Crippen molar-refractivity contribution in [2.24, 2.45) is 5.73 Å². The Labute approximate surface area is 136 Å². The molecule has 0 spiro atoms. The molecule has 4 heteroatoms. The molecule has 3 N–H and O–H groups in total. The van der Waals surface area contributed by atoms with Gasteiger partial charge in [0.25, 0.3) is 0 Å². The number of rotatable bonds is 6. The van der Waals surface area contributed by atoms with E-state index >= 15 is 0 Å². The van der Waals surface area contributed by atoms with Crippen LogP contribution in [0.25, 0.3) is 0 Å². The molecule has 0 atom stereocenters. The van der Waals surface area contributed by atoms with Crippen molar-refractivity contribution in [1.82, 2.24) is 5.32 Å². The molecule has 0 aliphatic heterocycles. The molecular weight excluding hydrogens is 288 g/mol. The van der Waals surface area contributed by atoms with E-state index in [2.05, 4.69) is 5.32 Å². The lowest BCUT2D eigenvalue weighted by Gasteiger charge is -2.36. The number of benzene rings is 2. The molecule has 2 aromatic rings. The smallest absolute Gasteiger partial charge is 0.240 e. The van der Waals surface area contributed by atoms with Gasteiger partial charge in [0, 0.05) is 6.54 Å². The van der Waals surface area contributed by atoms with Crippen LogP contribution in [0.3, 0.4) is 0 Å². The van der Waals surface area contributed by atoms with Crippen LogP contribution in [0.4, 0.5) is 0 Å². The molecule has 23 heavy (non-hydrogen) atoms. The van der Waals surface area contributed by atoms with Crippen LogP contribution in [-0.2, 0) is 17.9 Å². The first-order chi connectivity index (χ1) is 11.2. The maximum absolute atomic E-state index is 12.0. The van der Waals surface area contributed by atoms with Crippen LogP contribution >= 0.6 is 0 Å². The Morgan fingerprint density at radius 3 is 2.35 bits per heavy atom. The minimum Gasteiger partial charge on any atom is -0.489 e. The predicted molar refractivity (Wildman–Crippen MR) is 89.8 cm³/mol. The molecule has 0 saturated heterocycles. The Hall–Kier alpha value is -2.33. The Bertz CT molecular complexity index is 649. The van der Waals surface area contributed by atoms with Gasteiger partial charge in [-0.05, 0) is 42.5 Å². The quantitative estimate of drug-likeness (QED) is 0.862. The first-order valence-corrected chi connectivity index (χ1v) is 7.99. The molecule has 1 amide bonds. The molecule has 0 unspecified atom stereocenters. The standard InChI is InChI=1S/C19H22N2O2/c20-19(11-4-12-19)18(22)21-13-15-7-9-17(10-8-15)23-14-16-5-2-1-3-6-16/h1-3,5-10H,4,11-14,20H2,(H,21,22). The molecule has 0 aromatic heterocycles. The van der Waals surface area contributed by atoms with Crippen molar-refractivity contribution >= 4 is 5.91 Å². The number of nitrogens with one attached hydrogen (secondary N) is 1. The SMILES string of the molecule is NC1(C(=O)NCc2ccc(OCc3ccccc3)cc2)CCC1. The van der Waals surface area contributed by atoms with Gasteiger partial charge in [-0.3, -0.25) is 4.79 Å². The highest BCUT2D eigenvalue weighted by atomic mass is 16.5. The van der Waals surface area contributed by atoms with E-state index in [0.29, 0.717) is 13.2 Å². The summed E-state index contributed by atoms with van der Waals surface area (Å²) in [6.07, 6.45) is 2.60. The maximum atomic E-state index is 12.0. The largest absolute Gasteiger partial charge is 0.489 e. The fourth-order valence-corrected chi connectivity index (χ4v) is 2.59. The van der Waals surface area contributed by atoms with Gasteiger partial charge in [0.2, 0.25) is 5.91 Å². The number of ether oxygens (including phenoxy) is 1. The molecular formula is C19H22N2O2. The zero-order chi connectivity index (χ0) is 16.1. The van der Waals surface area contributed by atoms with Gasteiger partial charge in [-0.1, -0.05) is 42.5 Å². The molecule has 0 bridgehead atoms. The summed E-state index contributed by atoms with van der Waals surface area (Å²) in [6, 6.07) is 17.8. The highest BCUT2D eigenvalue weighted by Crippen LogP contribution is 2.29. The van der Waals surface area contributed by atoms with Gasteiger partial charge in [0.1, 0.15) is 12.4 Å². The van der Waals surface area contributed by atoms with Crippen LogP contribution in [0.1, 0.15) is 30.4 Å². The Morgan fingerprint density at radius 2 is 1.74 bits per heavy atom. The van der Waals surface area contributed by atoms with Crippen LogP contribution in [0, 0.1) is 0 Å². The summed E-state index contributed by atoms with van der Waals surface area (Å²) in [7, 11) is 0. The van der Waals surface area contributed by atoms with Gasteiger partial charge in [-0.25, -0.2) is 0 Å². The molecule has 1 fully saturated rings. The summed E-state index contributed by atoms with van der Waals surface area (Å²) in [5.74, 6) is 0.770. The summed E-state index contributed by atoms with van der Waals surface area (Å²) in [5, 5.41) is 2.91. The first kappa shape index (κ1) is 15.6. The van der Waals surface area contributed by atoms with Gasteiger partial charge >= 0.3 is 0 Å². The van der Waals surface area contributed by atoms with Gasteiger partial charge in [0.15, 0.2) is 0 Å². The normalized spacial score (nSPS) is 15.5. The maximum Gasteiger partial charge on any atom is 0.240 e. The number of nitrogens with two attached hydrogens (primary N) is 1. The minimum atomic E-state index is -0.640. The van der Waals surface area contributed by atoms with E-state index in [4.69, 9.17) is 10.5 Å². The summed E-state index contributed by atoms with van der Waals surface area (Å²) in [4.78, 5) is 12.0. The fourth-order valence-electron chi connectivity index (χ4n) is 2.59. The van der Waals surface area contributed by atoms with E-state index in [1.807, 2.05) is 54.6 Å². The second kappa shape index (κ2) is 6.84. The number of carbonyl (C=O) groups is 1. The van der Waals surface area contributed by atoms with Crippen molar-refractivity contribution in [3.8, 4) is 5.75 Å². The van der Waals surface area contributed by atoms with Crippen molar-refractivity contribution in [1.29, 1.82) is 0 Å². The molecule has 1 saturated carbocycles. The second-order valence-electron chi connectivity index (χ2n) is 6.11. The van der Waals surface area contributed by atoms with E-state index in [-0.39, 0.29) is 5.91 Å². The van der Waals surface area contributed by atoms with Crippen molar-refractivity contribution in [2.45, 2.75) is 38.0 Å². The lowest BCUT2D eigenvalue weighted by Crippen LogP contribution is -2.58. The van der Waals surface area contributed by atoms with E-state index < -0.39 is 5.54 Å². The van der Waals surface area contributed by atoms with Crippen LogP contribution in [0.2, 0.25) is 0 Å². The third-order valence-corrected chi connectivity index (χ3v) is 4.32. The van der Waals surface area contributed by atoms with E-state index in [1.165, 1.54) is 0 Å². The minimum absolute atomic E-state index is 0.0480. The van der Waals surface area contributed by atoms with Crippen molar-refractivity contribution in [2.75, 3.05) is 0 Å². The number of hydrogen-bond donors (Lipinski definition) is 2. The van der Waals surface area contributed by atoms with Crippen molar-refractivity contribution in [3.63, 3.8) is 0 Å². The summed E-state index contributed by atoms with van der Waals surface area (Å²) in [5.41, 5.74) is 7.53. The average molecular weight is 310 g/mol. The molecule has 1 aliphatic rings. The predicted octanol–water partition coefficient (Wildman–Crippen LogP) is 2.76. The van der Waals surface area contributed by atoms with Crippen LogP contribution in [0.15, 0.2) is 54.6 Å². The molecule has 3 rings (SSSR count). The Balaban J connectivity index is 1.48. The Kier molecular flexibility index (Phi) is 4.63. The van der Waals surface area contributed by atoms with Crippen LogP contribution in [-0.4, -0.2) is 11.4 Å². The summed E-state index contributed by atoms with van der Waals surface area (Å²) in [6.45, 7) is 1.05. The van der Waals surface area contributed by atoms with Gasteiger partial charge in [-0.15, -0.1) is 0 Å². The van der Waals surface area contributed by atoms with Crippen molar-refractivity contribution < 1.29 is 9.53 Å². The monoisotopic (exact) mass is 310 g/mol. The zero-order valence-corrected chi connectivity index (χ0v) is 13.1. The number of amides is 1. The lowest BCUT2D eigenvalue weighted by molar-refractivity contribution is -0.129. The highest BCUT2D eigenvalue weighted by molar-refractivity contribution is 5.86. The zero-order valence-electron chi connectivity index (χ0n) is 13.1. The highest BCUT2D eigenvalue weighted by Gasteiger charge is 2.39. The first-order valence-electron chi connectivity index (χ1n) is 7.99. The van der Waals surface area contributed by atoms with Gasteiger partial charge in [0.05, 0.1) is 5.54 Å². The summed E-state index contributed by atoms with van der Waals surface area (Å²) >= 11 is 0. The molecule has 120 valence electrons. The van der Waals surface area contributed by atoms with Gasteiger partial charge < -0.3 is 15.8 Å². The van der Waals surface area contributed by atoms with Crippen LogP contribution < -0.4 is 15.8 Å². The number of carbonyl (C=O) groups excluding carboxylic acids is 1. The third kappa shape index (κ3) is 3.90. The van der Waals surface area contributed by atoms with E-state index in [1.54, 1.807) is 0 Å². The third-order valence-electron chi connectivity index (χ3n) is 4.32. The average Bonchev–Trinajstić information content (AvgIpc) is 2.57. The molecule has 0 radical (unpaired) electrons. The van der Waals surface area contributed by atoms with E-state index in [9.17, 15) is 4.79 Å². The van der Waals surface area contributed by atoms with Crippen LogP contribution in [0.5, 0.6) is 5.75 Å². The molecule has 4 nitrogen and oxygen atoms in total. The van der Waals surface area contributed by atoms with Gasteiger partial charge in [-0.2, -0.15) is 0 Å². The topological polar surface area (TPSA) is 64.4 Å². The number of hydrogen-bond acceptors (Lipinski definition) is 3. The molecule has 1 aliphatic carbocycles. The summed E-state index contributed by atoms with van der Waals surface area (Å²) < 4.78 is 5.75. The molecule has 0 heterocycles. The second-order valence-corrected chi connectivity index (χ2v) is 6.11. The van der Waals surface area contributed by atoms with E-state index in [0.717, 1.165) is 36.1 Å². The fraction of sp³-hybridized carbons (Fsp3) is 0.316. The molecule has 2 aromatic carbocycles. The van der Waals surface area contributed by atoms with Crippen molar-refractivity contribution in [3.05, 3.63) is 65.7 Å².